The minimum Gasteiger partial charge on any atom is -0.331 e. The molecule has 0 N–H and O–H groups in total. The van der Waals surface area contributed by atoms with E-state index in [1.54, 1.807) is 0 Å². The topological polar surface area (TPSA) is 17.8 Å². The number of fused-ring (bicyclic) bond motifs is 1. The van der Waals surface area contributed by atoms with Crippen LogP contribution in [0.5, 0.6) is 0 Å². The summed E-state index contributed by atoms with van der Waals surface area (Å²) in [6, 6.07) is 8.30. The highest BCUT2D eigenvalue weighted by atomic mass is 15.1. The SMILES string of the molecule is CC(C)C(C)c1nc2ccccc2n1C. The first-order chi connectivity index (χ1) is 7.11. The van der Waals surface area contributed by atoms with Crippen molar-refractivity contribution >= 4 is 11.0 Å². The van der Waals surface area contributed by atoms with Crippen LogP contribution in [0.2, 0.25) is 0 Å². The Morgan fingerprint density at radius 1 is 1.13 bits per heavy atom. The van der Waals surface area contributed by atoms with E-state index in [0.29, 0.717) is 11.8 Å². The third-order valence-electron chi connectivity index (χ3n) is 3.23. The maximum atomic E-state index is 4.70. The van der Waals surface area contributed by atoms with Crippen molar-refractivity contribution < 1.29 is 0 Å². The Hall–Kier alpha value is -1.31. The molecule has 2 rings (SSSR count). The lowest BCUT2D eigenvalue weighted by Gasteiger charge is -2.14. The molecule has 0 bridgehead atoms. The van der Waals surface area contributed by atoms with E-state index < -0.39 is 0 Å². The molecule has 15 heavy (non-hydrogen) atoms. The molecule has 0 radical (unpaired) electrons. The first-order valence-electron chi connectivity index (χ1n) is 5.52. The number of benzene rings is 1. The van der Waals surface area contributed by atoms with Crippen LogP contribution in [0, 0.1) is 5.92 Å². The molecule has 80 valence electrons. The molecule has 2 heteroatoms. The van der Waals surface area contributed by atoms with E-state index in [4.69, 9.17) is 4.98 Å². The second-order valence-corrected chi connectivity index (χ2v) is 4.55. The average Bonchev–Trinajstić information content (AvgIpc) is 2.56. The number of aromatic nitrogens is 2. The van der Waals surface area contributed by atoms with Crippen molar-refractivity contribution in [1.82, 2.24) is 9.55 Å². The summed E-state index contributed by atoms with van der Waals surface area (Å²) in [6.45, 7) is 6.72. The molecule has 0 aliphatic carbocycles. The van der Waals surface area contributed by atoms with Gasteiger partial charge in [-0.25, -0.2) is 4.98 Å². The minimum atomic E-state index is 0.502. The van der Waals surface area contributed by atoms with Crippen LogP contribution in [0.25, 0.3) is 11.0 Å². The number of imidazole rings is 1. The molecular weight excluding hydrogens is 184 g/mol. The van der Waals surface area contributed by atoms with Gasteiger partial charge in [0.25, 0.3) is 0 Å². The number of nitrogens with zero attached hydrogens (tertiary/aromatic N) is 2. The number of aryl methyl sites for hydroxylation is 1. The molecule has 0 saturated carbocycles. The van der Waals surface area contributed by atoms with Gasteiger partial charge in [-0.1, -0.05) is 32.9 Å². The van der Waals surface area contributed by atoms with Gasteiger partial charge in [0.15, 0.2) is 0 Å². The molecule has 2 aromatic rings. The van der Waals surface area contributed by atoms with Crippen molar-refractivity contribution in [2.75, 3.05) is 0 Å². The molecular formula is C13H18N2. The van der Waals surface area contributed by atoms with E-state index in [0.717, 1.165) is 5.52 Å². The van der Waals surface area contributed by atoms with Gasteiger partial charge in [0.1, 0.15) is 5.82 Å². The average molecular weight is 202 g/mol. The van der Waals surface area contributed by atoms with Gasteiger partial charge in [-0.2, -0.15) is 0 Å². The van der Waals surface area contributed by atoms with Crippen molar-refractivity contribution in [3.05, 3.63) is 30.1 Å². The van der Waals surface area contributed by atoms with Crippen LogP contribution in [-0.2, 0) is 7.05 Å². The number of hydrogen-bond donors (Lipinski definition) is 0. The summed E-state index contributed by atoms with van der Waals surface area (Å²) in [5.41, 5.74) is 2.32. The van der Waals surface area contributed by atoms with Crippen LogP contribution in [-0.4, -0.2) is 9.55 Å². The third-order valence-corrected chi connectivity index (χ3v) is 3.23. The molecule has 1 unspecified atom stereocenters. The van der Waals surface area contributed by atoms with Gasteiger partial charge < -0.3 is 4.57 Å². The summed E-state index contributed by atoms with van der Waals surface area (Å²) in [4.78, 5) is 4.70. The summed E-state index contributed by atoms with van der Waals surface area (Å²) in [5, 5.41) is 0. The second kappa shape index (κ2) is 3.69. The van der Waals surface area contributed by atoms with E-state index in [1.807, 2.05) is 6.07 Å². The molecule has 0 spiro atoms. The maximum Gasteiger partial charge on any atom is 0.112 e. The number of hydrogen-bond acceptors (Lipinski definition) is 1. The fourth-order valence-corrected chi connectivity index (χ4v) is 1.87. The monoisotopic (exact) mass is 202 g/mol. The first-order valence-corrected chi connectivity index (χ1v) is 5.52. The zero-order valence-corrected chi connectivity index (χ0v) is 9.86. The second-order valence-electron chi connectivity index (χ2n) is 4.55. The molecule has 2 nitrogen and oxygen atoms in total. The maximum absolute atomic E-state index is 4.70. The van der Waals surface area contributed by atoms with Crippen molar-refractivity contribution in [2.24, 2.45) is 13.0 Å². The minimum absolute atomic E-state index is 0.502. The third kappa shape index (κ3) is 1.65. The van der Waals surface area contributed by atoms with Crippen molar-refractivity contribution in [3.63, 3.8) is 0 Å². The summed E-state index contributed by atoms with van der Waals surface area (Å²) in [7, 11) is 2.10. The largest absolute Gasteiger partial charge is 0.331 e. The van der Waals surface area contributed by atoms with Gasteiger partial charge in [-0.05, 0) is 18.1 Å². The van der Waals surface area contributed by atoms with E-state index in [-0.39, 0.29) is 0 Å². The predicted molar refractivity (Wildman–Crippen MR) is 64.0 cm³/mol. The van der Waals surface area contributed by atoms with Gasteiger partial charge in [-0.15, -0.1) is 0 Å². The lowest BCUT2D eigenvalue weighted by molar-refractivity contribution is 0.499. The Bertz CT molecular complexity index is 468. The molecule has 1 atom stereocenters. The van der Waals surface area contributed by atoms with Crippen LogP contribution in [0.1, 0.15) is 32.5 Å². The highest BCUT2D eigenvalue weighted by molar-refractivity contribution is 5.75. The Kier molecular flexibility index (Phi) is 2.51. The fraction of sp³-hybridized carbons (Fsp3) is 0.462. The summed E-state index contributed by atoms with van der Waals surface area (Å²) in [6.07, 6.45) is 0. The van der Waals surface area contributed by atoms with E-state index in [1.165, 1.54) is 11.3 Å². The molecule has 0 aliphatic rings. The summed E-state index contributed by atoms with van der Waals surface area (Å²) < 4.78 is 2.21. The summed E-state index contributed by atoms with van der Waals surface area (Å²) in [5.74, 6) is 2.31. The van der Waals surface area contributed by atoms with Crippen molar-refractivity contribution in [1.29, 1.82) is 0 Å². The fourth-order valence-electron chi connectivity index (χ4n) is 1.87. The Balaban J connectivity index is 2.58. The number of para-hydroxylation sites is 2. The predicted octanol–water partition coefficient (Wildman–Crippen LogP) is 3.33. The standard InChI is InChI=1S/C13H18N2/c1-9(2)10(3)13-14-11-7-5-6-8-12(11)15(13)4/h5-10H,1-4H3. The molecule has 0 aliphatic heterocycles. The van der Waals surface area contributed by atoms with Crippen LogP contribution >= 0.6 is 0 Å². The van der Waals surface area contributed by atoms with Crippen LogP contribution in [0.15, 0.2) is 24.3 Å². The van der Waals surface area contributed by atoms with Crippen molar-refractivity contribution in [2.45, 2.75) is 26.7 Å². The van der Waals surface area contributed by atoms with Gasteiger partial charge in [0.2, 0.25) is 0 Å². The number of rotatable bonds is 2. The molecule has 0 amide bonds. The summed E-state index contributed by atoms with van der Waals surface area (Å²) >= 11 is 0. The van der Waals surface area contributed by atoms with Gasteiger partial charge >= 0.3 is 0 Å². The lowest BCUT2D eigenvalue weighted by Crippen LogP contribution is -2.08. The highest BCUT2D eigenvalue weighted by Crippen LogP contribution is 2.25. The van der Waals surface area contributed by atoms with E-state index in [2.05, 4.69) is 50.6 Å². The smallest absolute Gasteiger partial charge is 0.112 e. The molecule has 0 saturated heterocycles. The van der Waals surface area contributed by atoms with E-state index in [9.17, 15) is 0 Å². The Morgan fingerprint density at radius 2 is 1.80 bits per heavy atom. The van der Waals surface area contributed by atoms with Crippen molar-refractivity contribution in [3.8, 4) is 0 Å². The zero-order valence-electron chi connectivity index (χ0n) is 9.86. The van der Waals surface area contributed by atoms with Crippen LogP contribution < -0.4 is 0 Å². The Morgan fingerprint density at radius 3 is 2.40 bits per heavy atom. The lowest BCUT2D eigenvalue weighted by atomic mass is 9.97. The normalized spacial score (nSPS) is 13.7. The zero-order chi connectivity index (χ0) is 11.0. The first kappa shape index (κ1) is 10.2. The Labute approximate surface area is 90.9 Å². The van der Waals surface area contributed by atoms with E-state index >= 15 is 0 Å². The van der Waals surface area contributed by atoms with Gasteiger partial charge in [0.05, 0.1) is 11.0 Å². The van der Waals surface area contributed by atoms with Gasteiger partial charge in [0, 0.05) is 13.0 Å². The quantitative estimate of drug-likeness (QED) is 0.730. The molecule has 1 heterocycles. The van der Waals surface area contributed by atoms with Gasteiger partial charge in [-0.3, -0.25) is 0 Å². The van der Waals surface area contributed by atoms with Crippen LogP contribution in [0.4, 0.5) is 0 Å². The van der Waals surface area contributed by atoms with Crippen LogP contribution in [0.3, 0.4) is 0 Å². The molecule has 1 aromatic heterocycles. The highest BCUT2D eigenvalue weighted by Gasteiger charge is 2.16. The molecule has 0 fully saturated rings. The molecule has 1 aromatic carbocycles.